The second-order valence-electron chi connectivity index (χ2n) is 14.5. The lowest BCUT2D eigenvalue weighted by molar-refractivity contribution is -0.161. The van der Waals surface area contributed by atoms with Crippen LogP contribution in [0.25, 0.3) is 0 Å². The molecule has 1 saturated heterocycles. The number of ether oxygens (including phenoxy) is 3. The van der Waals surface area contributed by atoms with Gasteiger partial charge in [0.25, 0.3) is 0 Å². The van der Waals surface area contributed by atoms with E-state index >= 15 is 0 Å². The lowest BCUT2D eigenvalue weighted by Crippen LogP contribution is -2.28. The summed E-state index contributed by atoms with van der Waals surface area (Å²) in [6, 6.07) is 0. The fraction of sp³-hybridized carbons (Fsp3) is 0.818. The Morgan fingerprint density at radius 3 is 1.62 bits per heavy atom. The molecule has 2 unspecified atom stereocenters. The predicted molar refractivity (Wildman–Crippen MR) is 209 cm³/mol. The number of epoxide rings is 1. The van der Waals surface area contributed by atoms with Gasteiger partial charge in [-0.2, -0.15) is 0 Å². The molecular weight excluding hydrogens is 624 g/mol. The minimum atomic E-state index is -0.800. The van der Waals surface area contributed by atoms with Crippen molar-refractivity contribution < 1.29 is 28.9 Å². The van der Waals surface area contributed by atoms with Crippen LogP contribution in [0.2, 0.25) is 0 Å². The van der Waals surface area contributed by atoms with E-state index in [4.69, 9.17) is 14.2 Å². The average molecular weight is 703 g/mol. The lowest BCUT2D eigenvalue weighted by atomic mass is 10.0. The summed E-state index contributed by atoms with van der Waals surface area (Å²) >= 11 is 0. The Kier molecular flexibility index (Phi) is 32.7. The molecule has 6 heteroatoms. The van der Waals surface area contributed by atoms with Gasteiger partial charge >= 0.3 is 11.9 Å². The summed E-state index contributed by atoms with van der Waals surface area (Å²) < 4.78 is 16.3. The Morgan fingerprint density at radius 1 is 0.580 bits per heavy atom. The van der Waals surface area contributed by atoms with E-state index in [1.54, 1.807) is 0 Å². The minimum Gasteiger partial charge on any atom is -0.462 e. The molecule has 3 atom stereocenters. The summed E-state index contributed by atoms with van der Waals surface area (Å²) in [4.78, 5) is 24.3. The number of carbonyl (C=O) groups excluding carboxylic acids is 2. The van der Waals surface area contributed by atoms with Crippen LogP contribution >= 0.6 is 0 Å². The highest BCUT2D eigenvalue weighted by Gasteiger charge is 2.36. The third-order valence-electron chi connectivity index (χ3n) is 9.61. The summed E-state index contributed by atoms with van der Waals surface area (Å²) in [5.74, 6) is -0.655. The van der Waals surface area contributed by atoms with Gasteiger partial charge in [0.15, 0.2) is 6.10 Å². The van der Waals surface area contributed by atoms with Crippen molar-refractivity contribution in [2.24, 2.45) is 0 Å². The van der Waals surface area contributed by atoms with E-state index in [0.717, 1.165) is 44.9 Å². The number of allylic oxidation sites excluding steroid dienone is 5. The first-order valence-corrected chi connectivity index (χ1v) is 21.2. The molecule has 0 radical (unpaired) electrons. The van der Waals surface area contributed by atoms with Crippen molar-refractivity contribution >= 4 is 11.9 Å². The first-order valence-electron chi connectivity index (χ1n) is 21.2. The van der Waals surface area contributed by atoms with Gasteiger partial charge in [0, 0.05) is 12.8 Å². The van der Waals surface area contributed by atoms with E-state index < -0.39 is 6.10 Å². The quantitative estimate of drug-likeness (QED) is 0.0300. The molecule has 0 bridgehead atoms. The molecular formula is C44H78O6. The molecule has 1 aliphatic rings. The molecule has 1 heterocycles. The summed E-state index contributed by atoms with van der Waals surface area (Å²) in [5, 5.41) is 9.56. The van der Waals surface area contributed by atoms with E-state index in [9.17, 15) is 14.7 Å². The van der Waals surface area contributed by atoms with Crippen LogP contribution in [0.15, 0.2) is 36.5 Å². The Bertz CT molecular complexity index is 865. The van der Waals surface area contributed by atoms with Crippen LogP contribution < -0.4 is 0 Å². The maximum atomic E-state index is 12.2. The summed E-state index contributed by atoms with van der Waals surface area (Å²) in [5.41, 5.74) is 0. The monoisotopic (exact) mass is 703 g/mol. The van der Waals surface area contributed by atoms with Gasteiger partial charge in [0.05, 0.1) is 18.8 Å². The summed E-state index contributed by atoms with van der Waals surface area (Å²) in [6.07, 6.45) is 46.8. The van der Waals surface area contributed by atoms with Crippen molar-refractivity contribution in [3.8, 4) is 0 Å². The molecule has 1 rings (SSSR count). The van der Waals surface area contributed by atoms with E-state index in [0.29, 0.717) is 25.0 Å². The smallest absolute Gasteiger partial charge is 0.306 e. The van der Waals surface area contributed by atoms with Crippen molar-refractivity contribution in [3.63, 3.8) is 0 Å². The van der Waals surface area contributed by atoms with Crippen LogP contribution in [0.3, 0.4) is 0 Å². The Labute approximate surface area is 308 Å². The molecule has 0 aromatic carbocycles. The number of carbonyl (C=O) groups is 2. The van der Waals surface area contributed by atoms with Crippen LogP contribution in [-0.4, -0.2) is 48.6 Å². The van der Waals surface area contributed by atoms with Gasteiger partial charge in [-0.3, -0.25) is 9.59 Å². The highest BCUT2D eigenvalue weighted by Crippen LogP contribution is 2.30. The molecule has 6 nitrogen and oxygen atoms in total. The van der Waals surface area contributed by atoms with Crippen LogP contribution in [0.1, 0.15) is 200 Å². The molecule has 290 valence electrons. The first kappa shape index (κ1) is 46.1. The molecule has 0 saturated carbocycles. The van der Waals surface area contributed by atoms with Crippen molar-refractivity contribution in [1.82, 2.24) is 0 Å². The second kappa shape index (κ2) is 35.5. The fourth-order valence-corrected chi connectivity index (χ4v) is 6.29. The number of rotatable bonds is 37. The highest BCUT2D eigenvalue weighted by molar-refractivity contribution is 5.70. The molecule has 0 aromatic heterocycles. The fourth-order valence-electron chi connectivity index (χ4n) is 6.29. The number of unbranched alkanes of at least 4 members (excludes halogenated alkanes) is 20. The highest BCUT2D eigenvalue weighted by atomic mass is 16.6. The predicted octanol–water partition coefficient (Wildman–Crippen LogP) is 12.2. The largest absolute Gasteiger partial charge is 0.462 e. The van der Waals surface area contributed by atoms with E-state index in [-0.39, 0.29) is 31.6 Å². The van der Waals surface area contributed by atoms with E-state index in [1.165, 1.54) is 122 Å². The first-order chi connectivity index (χ1) is 24.6. The maximum Gasteiger partial charge on any atom is 0.306 e. The van der Waals surface area contributed by atoms with Crippen molar-refractivity contribution in [2.45, 2.75) is 218 Å². The van der Waals surface area contributed by atoms with Crippen LogP contribution in [-0.2, 0) is 23.8 Å². The van der Waals surface area contributed by atoms with Crippen LogP contribution in [0.5, 0.6) is 0 Å². The van der Waals surface area contributed by atoms with Gasteiger partial charge in [-0.1, -0.05) is 179 Å². The number of hydrogen-bond donors (Lipinski definition) is 1. The molecule has 1 aliphatic heterocycles. The Hall–Kier alpha value is -1.92. The molecule has 1 fully saturated rings. The van der Waals surface area contributed by atoms with E-state index in [2.05, 4.69) is 50.3 Å². The normalized spacial score (nSPS) is 16.5. The van der Waals surface area contributed by atoms with Gasteiger partial charge in [0.1, 0.15) is 6.61 Å². The number of hydrogen-bond acceptors (Lipinski definition) is 6. The molecule has 0 aliphatic carbocycles. The second-order valence-corrected chi connectivity index (χ2v) is 14.5. The minimum absolute atomic E-state index is 0.0878. The molecule has 0 spiro atoms. The summed E-state index contributed by atoms with van der Waals surface area (Å²) in [7, 11) is 0. The SMILES string of the molecule is CCCCCCCCCCCCCCCCCCCCC(=O)OC[C@H](CO)OC(=O)CCC/C=C\C/C=C\C/C=C\CC1OC1CCCCC. The zero-order chi connectivity index (χ0) is 36.2. The topological polar surface area (TPSA) is 85.4 Å². The van der Waals surface area contributed by atoms with Gasteiger partial charge < -0.3 is 19.3 Å². The van der Waals surface area contributed by atoms with E-state index in [1.807, 2.05) is 0 Å². The maximum absolute atomic E-state index is 12.2. The van der Waals surface area contributed by atoms with Crippen LogP contribution in [0, 0.1) is 0 Å². The molecule has 0 aromatic rings. The Balaban J connectivity index is 1.89. The van der Waals surface area contributed by atoms with Gasteiger partial charge in [0.2, 0.25) is 0 Å². The lowest BCUT2D eigenvalue weighted by Gasteiger charge is -2.15. The number of aliphatic hydroxyl groups excluding tert-OH is 1. The zero-order valence-corrected chi connectivity index (χ0v) is 32.6. The molecule has 0 amide bonds. The summed E-state index contributed by atoms with van der Waals surface area (Å²) in [6.45, 7) is 4.07. The van der Waals surface area contributed by atoms with Crippen molar-refractivity contribution in [3.05, 3.63) is 36.5 Å². The Morgan fingerprint density at radius 2 is 1.06 bits per heavy atom. The van der Waals surface area contributed by atoms with Crippen molar-refractivity contribution in [2.75, 3.05) is 13.2 Å². The average Bonchev–Trinajstić information content (AvgIpc) is 3.87. The number of esters is 2. The zero-order valence-electron chi connectivity index (χ0n) is 32.6. The number of aliphatic hydroxyl groups is 1. The van der Waals surface area contributed by atoms with Gasteiger partial charge in [-0.25, -0.2) is 0 Å². The van der Waals surface area contributed by atoms with Crippen LogP contribution in [0.4, 0.5) is 0 Å². The van der Waals surface area contributed by atoms with Gasteiger partial charge in [-0.15, -0.1) is 0 Å². The standard InChI is InChI=1S/C44H78O6/c1-3-5-7-8-9-10-11-12-13-14-15-16-17-18-22-25-28-32-36-43(46)48-39-40(38-45)49-44(47)37-33-29-26-23-20-19-21-24-27-31-35-42-41(50-42)34-30-6-4-2/h19,21,23,26-27,31,40-42,45H,3-18,20,22,24-25,28-30,32-39H2,1-2H3/b21-19-,26-23-,31-27-/t40-,41?,42?/m0/s1. The third-order valence-corrected chi connectivity index (χ3v) is 9.61. The van der Waals surface area contributed by atoms with Crippen molar-refractivity contribution in [1.29, 1.82) is 0 Å². The molecule has 1 N–H and O–H groups in total. The van der Waals surface area contributed by atoms with Gasteiger partial charge in [-0.05, 0) is 44.9 Å². The molecule has 50 heavy (non-hydrogen) atoms. The third kappa shape index (κ3) is 30.9.